The molecule has 0 saturated heterocycles. The lowest BCUT2D eigenvalue weighted by Gasteiger charge is -2.13. The molecule has 1 aromatic carbocycles. The van der Waals surface area contributed by atoms with Crippen LogP contribution in [0, 0.1) is 0 Å². The van der Waals surface area contributed by atoms with Gasteiger partial charge in [0.2, 0.25) is 0 Å². The van der Waals surface area contributed by atoms with Gasteiger partial charge in [0.15, 0.2) is 0 Å². The average Bonchev–Trinajstić information content (AvgIpc) is 2.24. The van der Waals surface area contributed by atoms with Crippen molar-refractivity contribution >= 4 is 15.9 Å². The fourth-order valence-electron chi connectivity index (χ4n) is 1.38. The van der Waals surface area contributed by atoms with Gasteiger partial charge in [0, 0.05) is 11.0 Å². The summed E-state index contributed by atoms with van der Waals surface area (Å²) in [7, 11) is 0. The third kappa shape index (κ3) is 5.07. The quantitative estimate of drug-likeness (QED) is 0.700. The summed E-state index contributed by atoms with van der Waals surface area (Å²) >= 11 is 3.37. The van der Waals surface area contributed by atoms with E-state index in [1.165, 1.54) is 0 Å². The Morgan fingerprint density at radius 3 is 2.75 bits per heavy atom. The first-order chi connectivity index (χ1) is 7.59. The van der Waals surface area contributed by atoms with Crippen LogP contribution in [-0.4, -0.2) is 29.4 Å². The van der Waals surface area contributed by atoms with Crippen LogP contribution in [0.15, 0.2) is 28.7 Å². The lowest BCUT2D eigenvalue weighted by atomic mass is 10.1. The van der Waals surface area contributed by atoms with Crippen LogP contribution in [0.2, 0.25) is 0 Å². The maximum Gasteiger partial charge on any atom is 0.0914 e. The van der Waals surface area contributed by atoms with Crippen LogP contribution >= 0.6 is 15.9 Å². The Labute approximate surface area is 105 Å². The van der Waals surface area contributed by atoms with Crippen molar-refractivity contribution in [2.75, 3.05) is 13.1 Å². The van der Waals surface area contributed by atoms with Crippen molar-refractivity contribution in [3.05, 3.63) is 34.3 Å². The fourth-order valence-corrected chi connectivity index (χ4v) is 1.80. The third-order valence-electron chi connectivity index (χ3n) is 2.31. The van der Waals surface area contributed by atoms with E-state index in [0.717, 1.165) is 10.0 Å². The van der Waals surface area contributed by atoms with E-state index in [4.69, 9.17) is 5.11 Å². The van der Waals surface area contributed by atoms with Crippen molar-refractivity contribution in [1.82, 2.24) is 5.32 Å². The molecule has 0 aliphatic rings. The summed E-state index contributed by atoms with van der Waals surface area (Å²) < 4.78 is 0.966. The molecule has 0 amide bonds. The van der Waals surface area contributed by atoms with Crippen LogP contribution in [0.25, 0.3) is 0 Å². The fraction of sp³-hybridized carbons (Fsp3) is 0.500. The molecule has 16 heavy (non-hydrogen) atoms. The lowest BCUT2D eigenvalue weighted by molar-refractivity contribution is 0.162. The van der Waals surface area contributed by atoms with E-state index < -0.39 is 6.10 Å². The molecule has 2 atom stereocenters. The number of nitrogens with one attached hydrogen (secondary N) is 1. The molecule has 0 saturated carbocycles. The van der Waals surface area contributed by atoms with E-state index in [9.17, 15) is 5.11 Å². The lowest BCUT2D eigenvalue weighted by Crippen LogP contribution is -2.24. The number of halogens is 1. The van der Waals surface area contributed by atoms with Gasteiger partial charge in [0.25, 0.3) is 0 Å². The number of rotatable bonds is 6. The molecule has 4 heteroatoms. The second-order valence-electron chi connectivity index (χ2n) is 3.91. The molecule has 0 heterocycles. The molecular formula is C12H18BrNO2. The highest BCUT2D eigenvalue weighted by Gasteiger charge is 2.07. The number of benzene rings is 1. The van der Waals surface area contributed by atoms with Gasteiger partial charge in [-0.2, -0.15) is 0 Å². The molecule has 90 valence electrons. The third-order valence-corrected chi connectivity index (χ3v) is 2.80. The summed E-state index contributed by atoms with van der Waals surface area (Å²) in [6.07, 6.45) is -0.104. The van der Waals surface area contributed by atoms with Crippen molar-refractivity contribution in [2.45, 2.75) is 25.6 Å². The molecule has 0 radical (unpaired) electrons. The standard InChI is InChI=1S/C12H18BrNO2/c1-9(15)5-6-14-8-12(16)10-3-2-4-11(13)7-10/h2-4,7,9,12,14-16H,5-6,8H2,1H3. The first-order valence-corrected chi connectivity index (χ1v) is 6.21. The van der Waals surface area contributed by atoms with E-state index >= 15 is 0 Å². The first kappa shape index (κ1) is 13.6. The molecular weight excluding hydrogens is 270 g/mol. The van der Waals surface area contributed by atoms with Gasteiger partial charge >= 0.3 is 0 Å². The molecule has 0 aliphatic carbocycles. The molecule has 0 spiro atoms. The zero-order valence-electron chi connectivity index (χ0n) is 9.36. The van der Waals surface area contributed by atoms with Crippen molar-refractivity contribution in [3.63, 3.8) is 0 Å². The summed E-state index contributed by atoms with van der Waals surface area (Å²) in [5.74, 6) is 0. The van der Waals surface area contributed by atoms with Gasteiger partial charge in [-0.15, -0.1) is 0 Å². The van der Waals surface area contributed by atoms with Crippen LogP contribution in [0.5, 0.6) is 0 Å². The predicted molar refractivity (Wildman–Crippen MR) is 68.3 cm³/mol. The van der Waals surface area contributed by atoms with E-state index in [1.54, 1.807) is 6.92 Å². The molecule has 1 rings (SSSR count). The minimum Gasteiger partial charge on any atom is -0.393 e. The normalized spacial score (nSPS) is 14.8. The van der Waals surface area contributed by atoms with Crippen molar-refractivity contribution in [2.24, 2.45) is 0 Å². The minimum atomic E-state index is -0.508. The number of aliphatic hydroxyl groups is 2. The Balaban J connectivity index is 2.32. The number of hydrogen-bond donors (Lipinski definition) is 3. The first-order valence-electron chi connectivity index (χ1n) is 5.42. The van der Waals surface area contributed by atoms with Gasteiger partial charge in [0.05, 0.1) is 12.2 Å². The second-order valence-corrected chi connectivity index (χ2v) is 4.83. The van der Waals surface area contributed by atoms with Crippen molar-refractivity contribution in [3.8, 4) is 0 Å². The zero-order valence-corrected chi connectivity index (χ0v) is 10.9. The van der Waals surface area contributed by atoms with Crippen LogP contribution in [-0.2, 0) is 0 Å². The van der Waals surface area contributed by atoms with Gasteiger partial charge < -0.3 is 15.5 Å². The topological polar surface area (TPSA) is 52.5 Å². The molecule has 1 aromatic rings. The van der Waals surface area contributed by atoms with E-state index in [0.29, 0.717) is 19.5 Å². The smallest absolute Gasteiger partial charge is 0.0914 e. The van der Waals surface area contributed by atoms with E-state index in [-0.39, 0.29) is 6.10 Å². The molecule has 0 fully saturated rings. The van der Waals surface area contributed by atoms with Gasteiger partial charge in [-0.1, -0.05) is 28.1 Å². The summed E-state index contributed by atoms with van der Waals surface area (Å²) in [5, 5.41) is 22.0. The highest BCUT2D eigenvalue weighted by molar-refractivity contribution is 9.10. The molecule has 2 unspecified atom stereocenters. The Hall–Kier alpha value is -0.420. The van der Waals surface area contributed by atoms with Gasteiger partial charge in [-0.25, -0.2) is 0 Å². The predicted octanol–water partition coefficient (Wildman–Crippen LogP) is 1.84. The van der Waals surface area contributed by atoms with Gasteiger partial charge in [-0.05, 0) is 37.6 Å². The summed E-state index contributed by atoms with van der Waals surface area (Å²) in [5.41, 5.74) is 0.888. The van der Waals surface area contributed by atoms with Crippen LogP contribution in [0.3, 0.4) is 0 Å². The second kappa shape index (κ2) is 7.01. The monoisotopic (exact) mass is 287 g/mol. The average molecular weight is 288 g/mol. The van der Waals surface area contributed by atoms with Crippen LogP contribution in [0.4, 0.5) is 0 Å². The maximum absolute atomic E-state index is 9.86. The number of aliphatic hydroxyl groups excluding tert-OH is 2. The minimum absolute atomic E-state index is 0.296. The molecule has 0 aromatic heterocycles. The van der Waals surface area contributed by atoms with Gasteiger partial charge in [-0.3, -0.25) is 0 Å². The number of hydrogen-bond acceptors (Lipinski definition) is 3. The highest BCUT2D eigenvalue weighted by atomic mass is 79.9. The Morgan fingerprint density at radius 2 is 2.12 bits per heavy atom. The van der Waals surface area contributed by atoms with Crippen LogP contribution < -0.4 is 5.32 Å². The zero-order chi connectivity index (χ0) is 12.0. The summed E-state index contributed by atoms with van der Waals surface area (Å²) in [6.45, 7) is 2.97. The van der Waals surface area contributed by atoms with E-state index in [2.05, 4.69) is 21.2 Å². The molecule has 3 N–H and O–H groups in total. The van der Waals surface area contributed by atoms with Crippen molar-refractivity contribution in [1.29, 1.82) is 0 Å². The SMILES string of the molecule is CC(O)CCNCC(O)c1cccc(Br)c1. The summed E-state index contributed by atoms with van der Waals surface area (Å²) in [4.78, 5) is 0. The highest BCUT2D eigenvalue weighted by Crippen LogP contribution is 2.17. The molecule has 3 nitrogen and oxygen atoms in total. The van der Waals surface area contributed by atoms with Gasteiger partial charge in [0.1, 0.15) is 0 Å². The molecule has 0 bridgehead atoms. The Morgan fingerprint density at radius 1 is 1.38 bits per heavy atom. The summed E-state index contributed by atoms with van der Waals surface area (Å²) in [6, 6.07) is 7.63. The van der Waals surface area contributed by atoms with E-state index in [1.807, 2.05) is 24.3 Å². The maximum atomic E-state index is 9.86. The Bertz CT molecular complexity index is 318. The van der Waals surface area contributed by atoms with Crippen LogP contribution in [0.1, 0.15) is 25.0 Å². The van der Waals surface area contributed by atoms with Crippen molar-refractivity contribution < 1.29 is 10.2 Å². The largest absolute Gasteiger partial charge is 0.393 e. The Kier molecular flexibility index (Phi) is 5.98. The molecule has 0 aliphatic heterocycles.